The predicted octanol–water partition coefficient (Wildman–Crippen LogP) is 0.0406. The molecular weight excluding hydrogens is 557 g/mol. The molecule has 1 fully saturated rings. The molecule has 8 nitrogen and oxygen atoms in total. The van der Waals surface area contributed by atoms with Gasteiger partial charge in [0.2, 0.25) is 0 Å². The molecule has 1 saturated heterocycles. The van der Waals surface area contributed by atoms with Gasteiger partial charge < -0.3 is 19.3 Å². The third kappa shape index (κ3) is 6.84. The summed E-state index contributed by atoms with van der Waals surface area (Å²) in [5, 5.41) is 35.3. The fraction of sp³-hybridized carbons (Fsp3) is 0.520. The van der Waals surface area contributed by atoms with E-state index in [4.69, 9.17) is 14.2 Å². The van der Waals surface area contributed by atoms with Crippen LogP contribution in [0.3, 0.4) is 0 Å². The molecule has 0 amide bonds. The topological polar surface area (TPSA) is 91.2 Å². The van der Waals surface area contributed by atoms with Gasteiger partial charge >= 0.3 is 68.9 Å². The summed E-state index contributed by atoms with van der Waals surface area (Å²) in [6.07, 6.45) is 1.61. The number of hydrogen-bond acceptors (Lipinski definition) is 6. The first-order chi connectivity index (χ1) is 15.7. The van der Waals surface area contributed by atoms with E-state index in [0.717, 1.165) is 29.5 Å². The van der Waals surface area contributed by atoms with E-state index in [2.05, 4.69) is 6.92 Å². The Morgan fingerprint density at radius 3 is 1.62 bits per heavy atom. The largest absolute Gasteiger partial charge is 1.00 e. The number of rotatable bonds is 9. The van der Waals surface area contributed by atoms with Crippen molar-refractivity contribution in [3.8, 4) is 23.0 Å². The molecule has 0 aromatic heterocycles. The summed E-state index contributed by atoms with van der Waals surface area (Å²) in [5.41, 5.74) is 3.51. The fourth-order valence-corrected chi connectivity index (χ4v) is 4.54. The maximum atomic E-state index is 12.7. The van der Waals surface area contributed by atoms with E-state index in [1.54, 1.807) is 20.3 Å². The fourth-order valence-electron chi connectivity index (χ4n) is 4.54. The van der Waals surface area contributed by atoms with Gasteiger partial charge in [0, 0.05) is 5.56 Å². The molecule has 34 heavy (non-hydrogen) atoms. The normalized spacial score (nSPS) is 22.1. The number of piperazine rings is 1. The van der Waals surface area contributed by atoms with Crippen LogP contribution in [0.2, 0.25) is 0 Å². The molecule has 0 atom stereocenters. The summed E-state index contributed by atoms with van der Waals surface area (Å²) in [4.78, 5) is 0. The van der Waals surface area contributed by atoms with Crippen LogP contribution in [0.25, 0.3) is 0 Å². The number of methoxy groups -OCH3 is 3. The van der Waals surface area contributed by atoms with Crippen molar-refractivity contribution >= 4 is 0 Å². The second kappa shape index (κ2) is 12.7. The summed E-state index contributed by atoms with van der Waals surface area (Å²) in [5.74, 6) is 1.38. The molecule has 0 aliphatic carbocycles. The molecule has 0 bridgehead atoms. The van der Waals surface area contributed by atoms with E-state index in [1.807, 2.05) is 25.1 Å². The monoisotopic (exact) mass is 594 g/mol. The summed E-state index contributed by atoms with van der Waals surface area (Å²) < 4.78 is 15.8. The summed E-state index contributed by atoms with van der Waals surface area (Å²) >= 11 is 0. The average molecular weight is 594 g/mol. The Kier molecular flexibility index (Phi) is 11.1. The first kappa shape index (κ1) is 29.8. The van der Waals surface area contributed by atoms with Gasteiger partial charge in [0.1, 0.15) is 18.8 Å². The van der Waals surface area contributed by atoms with Gasteiger partial charge in [-0.05, 0) is 42.2 Å². The summed E-state index contributed by atoms with van der Waals surface area (Å²) in [6, 6.07) is 7.60. The Bertz CT molecular complexity index is 976. The van der Waals surface area contributed by atoms with Crippen molar-refractivity contribution in [2.24, 2.45) is 0 Å². The molecule has 0 unspecified atom stereocenters. The molecule has 3 rings (SSSR count). The van der Waals surface area contributed by atoms with Crippen molar-refractivity contribution in [1.82, 2.24) is 0 Å². The Morgan fingerprint density at radius 1 is 0.735 bits per heavy atom. The second-order valence-corrected chi connectivity index (χ2v) is 8.88. The number of benzene rings is 2. The molecule has 1 aliphatic heterocycles. The Morgan fingerprint density at radius 2 is 1.18 bits per heavy atom. The minimum absolute atomic E-state index is 0. The van der Waals surface area contributed by atoms with Gasteiger partial charge in [-0.2, -0.15) is 9.29 Å². The van der Waals surface area contributed by atoms with Crippen molar-refractivity contribution in [3.05, 3.63) is 46.5 Å². The van der Waals surface area contributed by atoms with Crippen LogP contribution in [-0.2, 0) is 25.9 Å². The number of ether oxygens (including phenoxy) is 3. The zero-order chi connectivity index (χ0) is 24.2. The van der Waals surface area contributed by atoms with Gasteiger partial charge in [-0.1, -0.05) is 25.7 Å². The first-order valence-corrected chi connectivity index (χ1v) is 11.5. The third-order valence-corrected chi connectivity index (χ3v) is 6.64. The molecule has 1 heterocycles. The first-order valence-electron chi connectivity index (χ1n) is 11.5. The molecule has 2 aromatic rings. The van der Waals surface area contributed by atoms with E-state index in [9.17, 15) is 15.5 Å². The van der Waals surface area contributed by atoms with Crippen LogP contribution in [-0.4, -0.2) is 67.2 Å². The van der Waals surface area contributed by atoms with Crippen LogP contribution < -0.4 is 88.2 Å². The SMILES string of the molecule is CCc1cc(C[N+]2(O)CC[N+](O)(Cc3cc(CC)cc(OC)c3OC)CC2)c([O-])c(OC)c1.[Cs+]. The minimum atomic E-state index is -0.290. The minimum Gasteiger partial charge on any atom is -0.870 e. The Balaban J connectivity index is 0.00000408. The third-order valence-electron chi connectivity index (χ3n) is 6.64. The number of quaternary nitrogens is 2. The molecule has 182 valence electrons. The standard InChI is InChI=1S/C25H37N2O6.Cs/c1-6-18-12-20(24(28)22(14-18)31-3)16-26(29)8-10-27(30,11-9-26)17-21-13-19(7-2)15-23(32-4)25(21)33-5;/h12-15,29-30H,6-11,16-17H2,1-5H3;/q2*+1. The van der Waals surface area contributed by atoms with E-state index >= 15 is 0 Å². The summed E-state index contributed by atoms with van der Waals surface area (Å²) in [6.45, 7) is 5.95. The average Bonchev–Trinajstić information content (AvgIpc) is 2.82. The molecule has 0 radical (unpaired) electrons. The van der Waals surface area contributed by atoms with Crippen LogP contribution in [0.5, 0.6) is 23.0 Å². The maximum Gasteiger partial charge on any atom is 1.00 e. The molecular formula is C25H37CsN2O6+2. The van der Waals surface area contributed by atoms with Crippen LogP contribution >= 0.6 is 0 Å². The van der Waals surface area contributed by atoms with Crippen molar-refractivity contribution in [1.29, 1.82) is 0 Å². The van der Waals surface area contributed by atoms with Crippen molar-refractivity contribution in [3.63, 3.8) is 0 Å². The molecule has 0 saturated carbocycles. The molecule has 2 aromatic carbocycles. The molecule has 9 heteroatoms. The number of nitrogens with zero attached hydrogens (tertiary/aromatic N) is 2. The molecule has 2 N–H and O–H groups in total. The van der Waals surface area contributed by atoms with Crippen LogP contribution in [0.4, 0.5) is 0 Å². The van der Waals surface area contributed by atoms with E-state index in [-0.39, 0.29) is 90.5 Å². The maximum absolute atomic E-state index is 12.7. The van der Waals surface area contributed by atoms with Crippen LogP contribution in [0.15, 0.2) is 24.3 Å². The van der Waals surface area contributed by atoms with Gasteiger partial charge in [0.25, 0.3) is 0 Å². The van der Waals surface area contributed by atoms with Crippen molar-refractivity contribution in [2.75, 3.05) is 47.5 Å². The van der Waals surface area contributed by atoms with Gasteiger partial charge in [-0.25, -0.2) is 10.4 Å². The predicted molar refractivity (Wildman–Crippen MR) is 122 cm³/mol. The number of hydroxylamine groups is 6. The van der Waals surface area contributed by atoms with E-state index in [0.29, 0.717) is 55.5 Å². The smallest absolute Gasteiger partial charge is 0.870 e. The summed E-state index contributed by atoms with van der Waals surface area (Å²) in [7, 11) is 4.69. The number of hydrogen-bond donors (Lipinski definition) is 2. The van der Waals surface area contributed by atoms with Crippen molar-refractivity contribution < 1.29 is 108 Å². The van der Waals surface area contributed by atoms with Crippen LogP contribution in [0, 0.1) is 0 Å². The molecule has 0 spiro atoms. The van der Waals surface area contributed by atoms with Crippen molar-refractivity contribution in [2.45, 2.75) is 39.8 Å². The number of aryl methyl sites for hydroxylation is 2. The Labute approximate surface area is 261 Å². The quantitative estimate of drug-likeness (QED) is 0.399. The van der Waals surface area contributed by atoms with Gasteiger partial charge in [0.15, 0.2) is 37.7 Å². The van der Waals surface area contributed by atoms with E-state index in [1.165, 1.54) is 7.11 Å². The van der Waals surface area contributed by atoms with Gasteiger partial charge in [0.05, 0.1) is 26.9 Å². The second-order valence-electron chi connectivity index (χ2n) is 8.88. The molecule has 1 aliphatic rings. The van der Waals surface area contributed by atoms with Gasteiger partial charge in [-0.3, -0.25) is 0 Å². The zero-order valence-electron chi connectivity index (χ0n) is 21.4. The van der Waals surface area contributed by atoms with Gasteiger partial charge in [-0.15, -0.1) is 0 Å². The zero-order valence-corrected chi connectivity index (χ0v) is 27.7. The van der Waals surface area contributed by atoms with E-state index < -0.39 is 0 Å². The van der Waals surface area contributed by atoms with Crippen LogP contribution in [0.1, 0.15) is 36.1 Å². The Hall–Kier alpha value is -0.468.